The van der Waals surface area contributed by atoms with Gasteiger partial charge in [-0.2, -0.15) is 0 Å². The maximum Gasteiger partial charge on any atom is 0.137 e. The Bertz CT molecular complexity index is 460. The number of nitrogens with zero attached hydrogens (tertiary/aromatic N) is 1. The van der Waals surface area contributed by atoms with Gasteiger partial charge in [-0.15, -0.1) is 0 Å². The van der Waals surface area contributed by atoms with Gasteiger partial charge in [0.15, 0.2) is 0 Å². The second-order valence-corrected chi connectivity index (χ2v) is 3.81. The Kier molecular flexibility index (Phi) is 2.30. The fourth-order valence-corrected chi connectivity index (χ4v) is 1.67. The van der Waals surface area contributed by atoms with Crippen LogP contribution in [0.25, 0.3) is 11.4 Å². The van der Waals surface area contributed by atoms with Crippen molar-refractivity contribution in [2.45, 2.75) is 13.8 Å². The molecule has 0 aliphatic rings. The molecule has 14 heavy (non-hydrogen) atoms. The van der Waals surface area contributed by atoms with Crippen LogP contribution in [0.2, 0.25) is 5.02 Å². The molecule has 0 amide bonds. The number of halogens is 1. The molecule has 0 aliphatic heterocycles. The third kappa shape index (κ3) is 1.66. The van der Waals surface area contributed by atoms with Crippen LogP contribution in [0.5, 0.6) is 0 Å². The van der Waals surface area contributed by atoms with E-state index in [1.54, 1.807) is 0 Å². The normalized spacial score (nSPS) is 10.5. The maximum absolute atomic E-state index is 5.88. The van der Waals surface area contributed by atoms with Gasteiger partial charge >= 0.3 is 0 Å². The molecule has 1 heterocycles. The summed E-state index contributed by atoms with van der Waals surface area (Å²) in [5.41, 5.74) is 3.30. The first kappa shape index (κ1) is 9.28. The molecule has 1 aromatic heterocycles. The highest BCUT2D eigenvalue weighted by molar-refractivity contribution is 6.30. The molecular weight excluding hydrogens is 196 g/mol. The van der Waals surface area contributed by atoms with E-state index in [0.717, 1.165) is 27.7 Å². The van der Waals surface area contributed by atoms with Gasteiger partial charge in [-0.1, -0.05) is 11.6 Å². The first-order valence-electron chi connectivity index (χ1n) is 4.45. The monoisotopic (exact) mass is 206 g/mol. The molecule has 0 aliphatic carbocycles. The summed E-state index contributed by atoms with van der Waals surface area (Å²) in [5, 5.41) is 0.759. The molecule has 0 atom stereocenters. The summed E-state index contributed by atoms with van der Waals surface area (Å²) in [6, 6.07) is 5.80. The topological polar surface area (TPSA) is 28.7 Å². The zero-order valence-corrected chi connectivity index (χ0v) is 8.89. The fourth-order valence-electron chi connectivity index (χ4n) is 1.44. The van der Waals surface area contributed by atoms with Gasteiger partial charge in [-0.3, -0.25) is 0 Å². The van der Waals surface area contributed by atoms with Crippen LogP contribution in [0.3, 0.4) is 0 Å². The predicted octanol–water partition coefficient (Wildman–Crippen LogP) is 3.35. The van der Waals surface area contributed by atoms with Gasteiger partial charge in [0.2, 0.25) is 0 Å². The summed E-state index contributed by atoms with van der Waals surface area (Å²) in [4.78, 5) is 7.48. The molecule has 2 aromatic rings. The van der Waals surface area contributed by atoms with Crippen LogP contribution < -0.4 is 0 Å². The van der Waals surface area contributed by atoms with Gasteiger partial charge in [0, 0.05) is 22.5 Å². The average Bonchev–Trinajstić information content (AvgIpc) is 2.51. The third-order valence-corrected chi connectivity index (χ3v) is 2.38. The minimum atomic E-state index is 0.759. The van der Waals surface area contributed by atoms with E-state index in [4.69, 9.17) is 11.6 Å². The Labute approximate surface area is 88.0 Å². The molecule has 1 N–H and O–H groups in total. The predicted molar refractivity (Wildman–Crippen MR) is 58.5 cm³/mol. The molecule has 0 bridgehead atoms. The van der Waals surface area contributed by atoms with Crippen molar-refractivity contribution in [2.24, 2.45) is 0 Å². The number of hydrogen-bond donors (Lipinski definition) is 1. The quantitative estimate of drug-likeness (QED) is 0.762. The molecule has 0 fully saturated rings. The van der Waals surface area contributed by atoms with E-state index in [0.29, 0.717) is 0 Å². The van der Waals surface area contributed by atoms with Crippen molar-refractivity contribution >= 4 is 11.6 Å². The van der Waals surface area contributed by atoms with Gasteiger partial charge in [-0.05, 0) is 37.6 Å². The van der Waals surface area contributed by atoms with E-state index in [2.05, 4.69) is 9.97 Å². The highest BCUT2D eigenvalue weighted by Gasteiger charge is 2.04. The van der Waals surface area contributed by atoms with Crippen LogP contribution in [0, 0.1) is 13.8 Å². The number of H-pyrrole nitrogens is 1. The van der Waals surface area contributed by atoms with E-state index in [9.17, 15) is 0 Å². The number of aryl methyl sites for hydroxylation is 2. The fraction of sp³-hybridized carbons (Fsp3) is 0.182. The highest BCUT2D eigenvalue weighted by Crippen LogP contribution is 2.23. The largest absolute Gasteiger partial charge is 0.342 e. The zero-order chi connectivity index (χ0) is 10.1. The third-order valence-electron chi connectivity index (χ3n) is 2.15. The first-order valence-corrected chi connectivity index (χ1v) is 4.83. The van der Waals surface area contributed by atoms with E-state index in [-0.39, 0.29) is 0 Å². The molecular formula is C11H11ClN2. The van der Waals surface area contributed by atoms with Crippen LogP contribution in [-0.4, -0.2) is 9.97 Å². The van der Waals surface area contributed by atoms with Gasteiger partial charge in [-0.25, -0.2) is 4.98 Å². The van der Waals surface area contributed by atoms with E-state index in [1.807, 2.05) is 38.2 Å². The summed E-state index contributed by atoms with van der Waals surface area (Å²) in [6.07, 6.45) is 1.82. The molecule has 1 aromatic carbocycles. The van der Waals surface area contributed by atoms with E-state index < -0.39 is 0 Å². The molecule has 0 radical (unpaired) electrons. The molecule has 2 nitrogen and oxygen atoms in total. The minimum Gasteiger partial charge on any atom is -0.342 e. The minimum absolute atomic E-state index is 0.759. The molecule has 0 saturated carbocycles. The summed E-state index contributed by atoms with van der Waals surface area (Å²) < 4.78 is 0. The Morgan fingerprint density at radius 2 is 2.07 bits per heavy atom. The summed E-state index contributed by atoms with van der Waals surface area (Å²) in [5.74, 6) is 0.900. The number of hydrogen-bond acceptors (Lipinski definition) is 1. The van der Waals surface area contributed by atoms with Crippen molar-refractivity contribution in [3.8, 4) is 11.4 Å². The van der Waals surface area contributed by atoms with Gasteiger partial charge < -0.3 is 4.98 Å². The van der Waals surface area contributed by atoms with Crippen molar-refractivity contribution < 1.29 is 0 Å². The van der Waals surface area contributed by atoms with Crippen molar-refractivity contribution in [1.29, 1.82) is 0 Å². The smallest absolute Gasteiger partial charge is 0.137 e. The standard InChI is InChI=1S/C11H11ClN2/c1-7-5-9(12)3-4-10(7)11-13-6-8(2)14-11/h3-6H,1-2H3,(H,13,14). The summed E-state index contributed by atoms with van der Waals surface area (Å²) in [7, 11) is 0. The number of aromatic nitrogens is 2. The lowest BCUT2D eigenvalue weighted by molar-refractivity contribution is 1.24. The lowest BCUT2D eigenvalue weighted by atomic mass is 10.1. The SMILES string of the molecule is Cc1cnc(-c2ccc(Cl)cc2C)[nH]1. The molecule has 0 saturated heterocycles. The Morgan fingerprint density at radius 3 is 2.64 bits per heavy atom. The van der Waals surface area contributed by atoms with Crippen molar-refractivity contribution in [1.82, 2.24) is 9.97 Å². The van der Waals surface area contributed by atoms with Crippen LogP contribution in [0.4, 0.5) is 0 Å². The van der Waals surface area contributed by atoms with Crippen LogP contribution in [0.1, 0.15) is 11.3 Å². The molecule has 72 valence electrons. The Morgan fingerprint density at radius 1 is 1.29 bits per heavy atom. The molecule has 2 rings (SSSR count). The van der Waals surface area contributed by atoms with Crippen LogP contribution in [0.15, 0.2) is 24.4 Å². The maximum atomic E-state index is 5.88. The van der Waals surface area contributed by atoms with Crippen molar-refractivity contribution in [3.63, 3.8) is 0 Å². The van der Waals surface area contributed by atoms with E-state index in [1.165, 1.54) is 0 Å². The second kappa shape index (κ2) is 3.46. The number of imidazole rings is 1. The van der Waals surface area contributed by atoms with Crippen molar-refractivity contribution in [3.05, 3.63) is 40.7 Å². The van der Waals surface area contributed by atoms with E-state index >= 15 is 0 Å². The lowest BCUT2D eigenvalue weighted by Gasteiger charge is -2.02. The number of benzene rings is 1. The van der Waals surface area contributed by atoms with Gasteiger partial charge in [0.1, 0.15) is 5.82 Å². The number of aromatic amines is 1. The first-order chi connectivity index (χ1) is 6.66. The lowest BCUT2D eigenvalue weighted by Crippen LogP contribution is -1.85. The Balaban J connectivity index is 2.52. The summed E-state index contributed by atoms with van der Waals surface area (Å²) in [6.45, 7) is 4.01. The van der Waals surface area contributed by atoms with Crippen molar-refractivity contribution in [2.75, 3.05) is 0 Å². The zero-order valence-electron chi connectivity index (χ0n) is 8.13. The molecule has 3 heteroatoms. The van der Waals surface area contributed by atoms with Crippen LogP contribution >= 0.6 is 11.6 Å². The van der Waals surface area contributed by atoms with Crippen LogP contribution in [-0.2, 0) is 0 Å². The van der Waals surface area contributed by atoms with Gasteiger partial charge in [0.05, 0.1) is 0 Å². The average molecular weight is 207 g/mol. The number of rotatable bonds is 1. The summed E-state index contributed by atoms with van der Waals surface area (Å²) >= 11 is 5.88. The second-order valence-electron chi connectivity index (χ2n) is 3.37. The van der Waals surface area contributed by atoms with Gasteiger partial charge in [0.25, 0.3) is 0 Å². The number of nitrogens with one attached hydrogen (secondary N) is 1. The molecule has 0 spiro atoms. The highest BCUT2D eigenvalue weighted by atomic mass is 35.5. The molecule has 0 unspecified atom stereocenters. The Hall–Kier alpha value is -1.28.